The number of anilines is 3. The smallest absolute Gasteiger partial charge is 0.0464 e. The summed E-state index contributed by atoms with van der Waals surface area (Å²) in [6, 6.07) is 62.2. The van der Waals surface area contributed by atoms with Gasteiger partial charge in [0.2, 0.25) is 0 Å². The van der Waals surface area contributed by atoms with Crippen molar-refractivity contribution < 1.29 is 0 Å². The van der Waals surface area contributed by atoms with E-state index in [0.717, 1.165) is 23.7 Å². The van der Waals surface area contributed by atoms with Gasteiger partial charge < -0.3 is 4.90 Å². The van der Waals surface area contributed by atoms with Crippen LogP contribution in [0.1, 0.15) is 74.6 Å². The molecular formula is C56H49NS. The molecule has 3 saturated carbocycles. The standard InChI is InChI=1S/C56H49NS/c1-35-30-38-32-37-33-39(31-35)56(38)49-29-28-42(34-50(49)55(2,3)48-21-11-9-18-46(48)54(37)56)57(40-14-5-4-6-15-40)41-26-24-36(25-27-41)43-16-7-8-17-44(43)45-20-13-23-52-53(45)47-19-10-12-22-51(47)58-52/h4-29,34-35,37-39,54H,30-33H2,1-3H3/t35-,37+,38+,39-,54?,56?. The zero-order valence-electron chi connectivity index (χ0n) is 33.7. The molecule has 0 saturated heterocycles. The maximum Gasteiger partial charge on any atom is 0.0464 e. The summed E-state index contributed by atoms with van der Waals surface area (Å²) in [4.78, 5) is 2.49. The Morgan fingerprint density at radius 2 is 1.16 bits per heavy atom. The van der Waals surface area contributed by atoms with Crippen molar-refractivity contribution in [2.45, 2.75) is 63.2 Å². The van der Waals surface area contributed by atoms with Crippen molar-refractivity contribution in [3.05, 3.63) is 186 Å². The third-order valence-corrected chi connectivity index (χ3v) is 16.5. The van der Waals surface area contributed by atoms with E-state index in [1.807, 2.05) is 11.3 Å². The number of hydrogen-bond donors (Lipinski definition) is 0. The molecule has 8 aromatic rings. The lowest BCUT2D eigenvalue weighted by molar-refractivity contribution is 0.0822. The Morgan fingerprint density at radius 1 is 0.517 bits per heavy atom. The van der Waals surface area contributed by atoms with Crippen LogP contribution in [-0.2, 0) is 10.8 Å². The van der Waals surface area contributed by atoms with Crippen LogP contribution >= 0.6 is 11.3 Å². The van der Waals surface area contributed by atoms with Crippen LogP contribution in [0.5, 0.6) is 0 Å². The molecule has 1 aromatic heterocycles. The normalized spacial score (nSPS) is 24.9. The van der Waals surface area contributed by atoms with Crippen LogP contribution in [0.2, 0.25) is 0 Å². The highest BCUT2D eigenvalue weighted by atomic mass is 32.1. The monoisotopic (exact) mass is 767 g/mol. The minimum absolute atomic E-state index is 0.117. The number of rotatable bonds is 5. The zero-order chi connectivity index (χ0) is 38.8. The van der Waals surface area contributed by atoms with Crippen molar-refractivity contribution in [1.29, 1.82) is 0 Å². The van der Waals surface area contributed by atoms with Crippen LogP contribution in [0.3, 0.4) is 0 Å². The van der Waals surface area contributed by atoms with Crippen LogP contribution in [-0.4, -0.2) is 0 Å². The summed E-state index contributed by atoms with van der Waals surface area (Å²) in [5.41, 5.74) is 15.2. The van der Waals surface area contributed by atoms with E-state index in [0.29, 0.717) is 5.92 Å². The van der Waals surface area contributed by atoms with Gasteiger partial charge in [0, 0.05) is 48.1 Å². The van der Waals surface area contributed by atoms with Gasteiger partial charge in [0.05, 0.1) is 0 Å². The first-order valence-electron chi connectivity index (χ1n) is 21.6. The van der Waals surface area contributed by atoms with Crippen molar-refractivity contribution in [2.24, 2.45) is 23.7 Å². The Labute approximate surface area is 347 Å². The molecule has 3 fully saturated rings. The first kappa shape index (κ1) is 34.6. The highest BCUT2D eigenvalue weighted by Crippen LogP contribution is 2.75. The molecule has 4 aliphatic rings. The molecule has 1 nitrogen and oxygen atoms in total. The first-order valence-corrected chi connectivity index (χ1v) is 22.4. The van der Waals surface area contributed by atoms with Crippen LogP contribution < -0.4 is 4.90 Å². The summed E-state index contributed by atoms with van der Waals surface area (Å²) in [6.45, 7) is 7.55. The van der Waals surface area contributed by atoms with Crippen LogP contribution in [0.15, 0.2) is 164 Å². The summed E-state index contributed by atoms with van der Waals surface area (Å²) < 4.78 is 2.68. The topological polar surface area (TPSA) is 3.24 Å². The van der Waals surface area contributed by atoms with Crippen LogP contribution in [0, 0.1) is 23.7 Å². The van der Waals surface area contributed by atoms with Crippen molar-refractivity contribution in [3.8, 4) is 22.3 Å². The molecular weight excluding hydrogens is 719 g/mol. The van der Waals surface area contributed by atoms with Gasteiger partial charge in [0.15, 0.2) is 0 Å². The molecule has 0 radical (unpaired) electrons. The third kappa shape index (κ3) is 4.82. The van der Waals surface area contributed by atoms with E-state index >= 15 is 0 Å². The minimum atomic E-state index is -0.117. The second-order valence-corrected chi connectivity index (χ2v) is 19.7. The first-order chi connectivity index (χ1) is 28.4. The van der Waals surface area contributed by atoms with Crippen LogP contribution in [0.4, 0.5) is 17.1 Å². The SMILES string of the molecule is C[C@H]1C[C@@H]2C[C@@H]3C[C@H](C1)C21c2ccc(N(c4ccccc4)c4ccc(-c5ccccc5-c5cccc6sc7ccccc7c56)cc4)cc2C(C)(C)c2ccccc2C31. The molecule has 2 bridgehead atoms. The number of thiophene rings is 1. The van der Waals surface area contributed by atoms with E-state index in [9.17, 15) is 0 Å². The fraction of sp³-hybridized carbons (Fsp3) is 0.250. The molecule has 0 N–H and O–H groups in total. The molecule has 1 spiro atoms. The zero-order valence-corrected chi connectivity index (χ0v) is 34.5. The van der Waals surface area contributed by atoms with Gasteiger partial charge in [-0.2, -0.15) is 0 Å². The van der Waals surface area contributed by atoms with Gasteiger partial charge in [-0.25, -0.2) is 0 Å². The number of benzene rings is 7. The van der Waals surface area contributed by atoms with Gasteiger partial charge in [0.25, 0.3) is 0 Å². The Balaban J connectivity index is 1.000. The summed E-state index contributed by atoms with van der Waals surface area (Å²) in [5, 5.41) is 2.69. The number of hydrogen-bond acceptors (Lipinski definition) is 2. The molecule has 2 heteroatoms. The molecule has 2 unspecified atom stereocenters. The van der Waals surface area contributed by atoms with E-state index in [-0.39, 0.29) is 10.8 Å². The lowest BCUT2D eigenvalue weighted by Gasteiger charge is -2.51. The lowest BCUT2D eigenvalue weighted by Crippen LogP contribution is -2.46. The predicted octanol–water partition coefficient (Wildman–Crippen LogP) is 15.6. The lowest BCUT2D eigenvalue weighted by atomic mass is 9.53. The Morgan fingerprint density at radius 3 is 1.97 bits per heavy atom. The summed E-state index contributed by atoms with van der Waals surface area (Å²) in [5.74, 6) is 3.78. The maximum absolute atomic E-state index is 2.62. The second kappa shape index (κ2) is 12.8. The fourth-order valence-electron chi connectivity index (χ4n) is 13.3. The van der Waals surface area contributed by atoms with Gasteiger partial charge in [0.1, 0.15) is 0 Å². The minimum Gasteiger partial charge on any atom is -0.310 e. The molecule has 4 aliphatic carbocycles. The van der Waals surface area contributed by atoms with Crippen molar-refractivity contribution >= 4 is 48.6 Å². The van der Waals surface area contributed by atoms with E-state index in [4.69, 9.17) is 0 Å². The average Bonchev–Trinajstić information content (AvgIpc) is 3.89. The van der Waals surface area contributed by atoms with Crippen molar-refractivity contribution in [1.82, 2.24) is 0 Å². The van der Waals surface area contributed by atoms with Gasteiger partial charge >= 0.3 is 0 Å². The van der Waals surface area contributed by atoms with Gasteiger partial charge in [-0.05, 0) is 148 Å². The van der Waals surface area contributed by atoms with Gasteiger partial charge in [-0.3, -0.25) is 0 Å². The summed E-state index contributed by atoms with van der Waals surface area (Å²) in [7, 11) is 0. The second-order valence-electron chi connectivity index (χ2n) is 18.6. The Kier molecular flexibility index (Phi) is 7.62. The molecule has 284 valence electrons. The number of fused-ring (bicyclic) bond motifs is 5. The fourth-order valence-corrected chi connectivity index (χ4v) is 14.5. The summed E-state index contributed by atoms with van der Waals surface area (Å²) >= 11 is 1.89. The highest BCUT2D eigenvalue weighted by Gasteiger charge is 2.68. The average molecular weight is 768 g/mol. The highest BCUT2D eigenvalue weighted by molar-refractivity contribution is 7.25. The van der Waals surface area contributed by atoms with Crippen molar-refractivity contribution in [3.63, 3.8) is 0 Å². The maximum atomic E-state index is 2.62. The third-order valence-electron chi connectivity index (χ3n) is 15.3. The molecule has 0 amide bonds. The quantitative estimate of drug-likeness (QED) is 0.169. The predicted molar refractivity (Wildman–Crippen MR) is 246 cm³/mol. The Hall–Kier alpha value is -5.44. The summed E-state index contributed by atoms with van der Waals surface area (Å²) in [6.07, 6.45) is 5.54. The van der Waals surface area contributed by atoms with Gasteiger partial charge in [-0.15, -0.1) is 11.3 Å². The van der Waals surface area contributed by atoms with Crippen molar-refractivity contribution in [2.75, 3.05) is 4.90 Å². The molecule has 6 atom stereocenters. The molecule has 7 aromatic carbocycles. The van der Waals surface area contributed by atoms with E-state index in [1.54, 1.807) is 16.7 Å². The molecule has 58 heavy (non-hydrogen) atoms. The van der Waals surface area contributed by atoms with E-state index < -0.39 is 0 Å². The van der Waals surface area contributed by atoms with Crippen LogP contribution in [0.25, 0.3) is 42.4 Å². The van der Waals surface area contributed by atoms with E-state index in [1.165, 1.54) is 90.7 Å². The molecule has 1 heterocycles. The molecule has 0 aliphatic heterocycles. The largest absolute Gasteiger partial charge is 0.310 e. The van der Waals surface area contributed by atoms with Gasteiger partial charge in [-0.1, -0.05) is 136 Å². The number of para-hydroxylation sites is 1. The number of nitrogens with zero attached hydrogens (tertiary/aromatic N) is 1. The van der Waals surface area contributed by atoms with E-state index in [2.05, 4.69) is 189 Å². The molecule has 12 rings (SSSR count). The Bertz CT molecular complexity index is 2860.